The Hall–Kier alpha value is -2.53. The lowest BCUT2D eigenvalue weighted by Gasteiger charge is -2.35. The van der Waals surface area contributed by atoms with E-state index in [0.717, 1.165) is 63.4 Å². The Morgan fingerprint density at radius 3 is 2.53 bits per heavy atom. The number of benzene rings is 2. The Bertz CT molecular complexity index is 861. The van der Waals surface area contributed by atoms with Crippen LogP contribution in [0.5, 0.6) is 11.5 Å². The molecule has 1 unspecified atom stereocenters. The van der Waals surface area contributed by atoms with Crippen molar-refractivity contribution in [1.29, 1.82) is 0 Å². The first kappa shape index (κ1) is 20.7. The summed E-state index contributed by atoms with van der Waals surface area (Å²) in [4.78, 5) is 17.9. The number of methoxy groups -OCH3 is 2. The van der Waals surface area contributed by atoms with Gasteiger partial charge in [-0.3, -0.25) is 9.69 Å². The number of nitrogens with zero attached hydrogens (tertiary/aromatic N) is 2. The van der Waals surface area contributed by atoms with Gasteiger partial charge in [0, 0.05) is 24.6 Å². The normalized spacial score (nSPS) is 20.3. The molecule has 0 aliphatic carbocycles. The number of likely N-dealkylation sites (tertiary alicyclic amines) is 2. The van der Waals surface area contributed by atoms with Gasteiger partial charge in [0.25, 0.3) is 0 Å². The van der Waals surface area contributed by atoms with Gasteiger partial charge in [0.15, 0.2) is 0 Å². The smallest absolute Gasteiger partial charge is 0.226 e. The van der Waals surface area contributed by atoms with Gasteiger partial charge in [0.2, 0.25) is 5.91 Å². The quantitative estimate of drug-likeness (QED) is 0.716. The molecule has 2 aliphatic heterocycles. The summed E-state index contributed by atoms with van der Waals surface area (Å²) in [5, 5.41) is 0. The standard InChI is InChI=1S/C25H32N2O3/c1-29-22-9-5-8-20(17-22)23-10-6-14-27(23)25(28)19-12-15-26(16-13-19)18-21-7-3-4-11-24(21)30-2/h3-5,7-9,11,17,19,23H,6,10,12-16,18H2,1-2H3. The minimum Gasteiger partial charge on any atom is -0.497 e. The molecule has 30 heavy (non-hydrogen) atoms. The highest BCUT2D eigenvalue weighted by molar-refractivity contribution is 5.79. The lowest BCUT2D eigenvalue weighted by Crippen LogP contribution is -2.42. The van der Waals surface area contributed by atoms with Gasteiger partial charge in [-0.2, -0.15) is 0 Å². The third-order valence-electron chi connectivity index (χ3n) is 6.54. The molecular formula is C25H32N2O3. The Morgan fingerprint density at radius 2 is 1.77 bits per heavy atom. The van der Waals surface area contributed by atoms with Crippen molar-refractivity contribution in [2.75, 3.05) is 33.9 Å². The van der Waals surface area contributed by atoms with E-state index in [1.54, 1.807) is 14.2 Å². The maximum atomic E-state index is 13.4. The van der Waals surface area contributed by atoms with Crippen LogP contribution in [-0.4, -0.2) is 49.6 Å². The van der Waals surface area contributed by atoms with Gasteiger partial charge < -0.3 is 14.4 Å². The van der Waals surface area contributed by atoms with Crippen LogP contribution in [0.3, 0.4) is 0 Å². The van der Waals surface area contributed by atoms with Crippen LogP contribution in [0.4, 0.5) is 0 Å². The fourth-order valence-electron chi connectivity index (χ4n) is 4.87. The van der Waals surface area contributed by atoms with Crippen LogP contribution >= 0.6 is 0 Å². The number of carbonyl (C=O) groups is 1. The predicted molar refractivity (Wildman–Crippen MR) is 118 cm³/mol. The first-order valence-electron chi connectivity index (χ1n) is 11.0. The molecule has 2 saturated heterocycles. The molecule has 2 aromatic rings. The van der Waals surface area contributed by atoms with Crippen molar-refractivity contribution in [3.05, 3.63) is 59.7 Å². The number of piperidine rings is 1. The van der Waals surface area contributed by atoms with Crippen molar-refractivity contribution >= 4 is 5.91 Å². The molecule has 0 spiro atoms. The molecule has 5 nitrogen and oxygen atoms in total. The van der Waals surface area contributed by atoms with Gasteiger partial charge in [0.1, 0.15) is 11.5 Å². The molecule has 1 atom stereocenters. The Balaban J connectivity index is 1.36. The van der Waals surface area contributed by atoms with Crippen molar-refractivity contribution < 1.29 is 14.3 Å². The maximum Gasteiger partial charge on any atom is 0.226 e. The fraction of sp³-hybridized carbons (Fsp3) is 0.480. The Labute approximate surface area is 179 Å². The van der Waals surface area contributed by atoms with E-state index in [9.17, 15) is 4.79 Å². The van der Waals surface area contributed by atoms with E-state index in [1.807, 2.05) is 24.3 Å². The second kappa shape index (κ2) is 9.52. The van der Waals surface area contributed by atoms with E-state index in [4.69, 9.17) is 9.47 Å². The third kappa shape index (κ3) is 4.46. The molecule has 2 fully saturated rings. The summed E-state index contributed by atoms with van der Waals surface area (Å²) in [5.41, 5.74) is 2.40. The Kier molecular flexibility index (Phi) is 6.58. The minimum absolute atomic E-state index is 0.130. The maximum absolute atomic E-state index is 13.4. The molecule has 160 valence electrons. The average Bonchev–Trinajstić information content (AvgIpc) is 3.29. The zero-order valence-corrected chi connectivity index (χ0v) is 18.0. The number of hydrogen-bond donors (Lipinski definition) is 0. The topological polar surface area (TPSA) is 42.0 Å². The molecule has 2 heterocycles. The average molecular weight is 409 g/mol. The largest absolute Gasteiger partial charge is 0.497 e. The summed E-state index contributed by atoms with van der Waals surface area (Å²) < 4.78 is 10.9. The number of ether oxygens (including phenoxy) is 2. The summed E-state index contributed by atoms with van der Waals surface area (Å²) >= 11 is 0. The molecule has 0 saturated carbocycles. The Morgan fingerprint density at radius 1 is 0.967 bits per heavy atom. The van der Waals surface area contributed by atoms with Crippen LogP contribution in [0.15, 0.2) is 48.5 Å². The number of hydrogen-bond acceptors (Lipinski definition) is 4. The number of amides is 1. The van der Waals surface area contributed by atoms with Gasteiger partial charge in [0.05, 0.1) is 20.3 Å². The highest BCUT2D eigenvalue weighted by Crippen LogP contribution is 2.36. The van der Waals surface area contributed by atoms with Crippen LogP contribution in [0.25, 0.3) is 0 Å². The molecule has 5 heteroatoms. The van der Waals surface area contributed by atoms with Crippen LogP contribution in [0, 0.1) is 5.92 Å². The summed E-state index contributed by atoms with van der Waals surface area (Å²) in [6, 6.07) is 16.5. The fourth-order valence-corrected chi connectivity index (χ4v) is 4.87. The SMILES string of the molecule is COc1cccc(C2CCCN2C(=O)C2CCN(Cc3ccccc3OC)CC2)c1. The molecule has 0 aromatic heterocycles. The lowest BCUT2D eigenvalue weighted by molar-refractivity contribution is -0.138. The number of para-hydroxylation sites is 1. The summed E-state index contributed by atoms with van der Waals surface area (Å²) in [6.45, 7) is 3.64. The van der Waals surface area contributed by atoms with Crippen LogP contribution in [0.1, 0.15) is 42.9 Å². The zero-order chi connectivity index (χ0) is 20.9. The van der Waals surface area contributed by atoms with Gasteiger partial charge in [-0.1, -0.05) is 30.3 Å². The second-order valence-electron chi connectivity index (χ2n) is 8.33. The monoisotopic (exact) mass is 408 g/mol. The molecule has 2 aliphatic rings. The van der Waals surface area contributed by atoms with E-state index in [0.29, 0.717) is 5.91 Å². The summed E-state index contributed by atoms with van der Waals surface area (Å²) in [6.07, 6.45) is 3.95. The predicted octanol–water partition coefficient (Wildman–Crippen LogP) is 4.28. The molecule has 0 N–H and O–H groups in total. The number of carbonyl (C=O) groups excluding carboxylic acids is 1. The van der Waals surface area contributed by atoms with Crippen LogP contribution in [0.2, 0.25) is 0 Å². The van der Waals surface area contributed by atoms with Gasteiger partial charge >= 0.3 is 0 Å². The number of rotatable bonds is 6. The van der Waals surface area contributed by atoms with Gasteiger partial charge in [-0.15, -0.1) is 0 Å². The molecule has 4 rings (SSSR count). The minimum atomic E-state index is 0.130. The van der Waals surface area contributed by atoms with Gasteiger partial charge in [-0.05, 0) is 62.5 Å². The van der Waals surface area contributed by atoms with E-state index in [2.05, 4.69) is 34.1 Å². The molecular weight excluding hydrogens is 376 g/mol. The van der Waals surface area contributed by atoms with Crippen molar-refractivity contribution in [3.63, 3.8) is 0 Å². The highest BCUT2D eigenvalue weighted by atomic mass is 16.5. The summed E-state index contributed by atoms with van der Waals surface area (Å²) in [7, 11) is 3.41. The highest BCUT2D eigenvalue weighted by Gasteiger charge is 2.35. The van der Waals surface area contributed by atoms with E-state index >= 15 is 0 Å². The van der Waals surface area contributed by atoms with Crippen molar-refractivity contribution in [1.82, 2.24) is 9.80 Å². The summed E-state index contributed by atoms with van der Waals surface area (Å²) in [5.74, 6) is 2.26. The van der Waals surface area contributed by atoms with E-state index in [1.165, 1.54) is 11.1 Å². The third-order valence-corrected chi connectivity index (χ3v) is 6.54. The van der Waals surface area contributed by atoms with Crippen molar-refractivity contribution in [3.8, 4) is 11.5 Å². The van der Waals surface area contributed by atoms with Gasteiger partial charge in [-0.25, -0.2) is 0 Å². The van der Waals surface area contributed by atoms with E-state index < -0.39 is 0 Å². The van der Waals surface area contributed by atoms with Crippen molar-refractivity contribution in [2.45, 2.75) is 38.3 Å². The van der Waals surface area contributed by atoms with Crippen molar-refractivity contribution in [2.24, 2.45) is 5.92 Å². The molecule has 1 amide bonds. The van der Waals surface area contributed by atoms with E-state index in [-0.39, 0.29) is 12.0 Å². The first-order chi connectivity index (χ1) is 14.7. The molecule has 2 aromatic carbocycles. The lowest BCUT2D eigenvalue weighted by atomic mass is 9.94. The second-order valence-corrected chi connectivity index (χ2v) is 8.33. The first-order valence-corrected chi connectivity index (χ1v) is 11.0. The van der Waals surface area contributed by atoms with Crippen LogP contribution < -0.4 is 9.47 Å². The zero-order valence-electron chi connectivity index (χ0n) is 18.0. The molecule has 0 radical (unpaired) electrons. The molecule has 0 bridgehead atoms. The van der Waals surface area contributed by atoms with Crippen LogP contribution in [-0.2, 0) is 11.3 Å².